The number of carbonyl (C=O) groups is 3. The van der Waals surface area contributed by atoms with Gasteiger partial charge in [0.05, 0.1) is 13.2 Å². The number of hydrogen-bond acceptors (Lipinski definition) is 8. The molecule has 8 nitrogen and oxygen atoms in total. The molecule has 0 rings (SSSR count). The van der Waals surface area contributed by atoms with Crippen molar-refractivity contribution in [1.29, 1.82) is 0 Å². The topological polar surface area (TPSA) is 139 Å². The molecule has 0 bridgehead atoms. The van der Waals surface area contributed by atoms with E-state index in [9.17, 15) is 29.7 Å². The van der Waals surface area contributed by atoms with Crippen molar-refractivity contribution < 1.29 is 39.2 Å². The summed E-state index contributed by atoms with van der Waals surface area (Å²) in [6.45, 7) is 9.29. The molecule has 0 heterocycles. The predicted molar refractivity (Wildman–Crippen MR) is 91.0 cm³/mol. The fourth-order valence-electron chi connectivity index (χ4n) is 0.986. The minimum absolute atomic E-state index is 0. The second kappa shape index (κ2) is 20.8. The van der Waals surface area contributed by atoms with Crippen molar-refractivity contribution in [3.8, 4) is 0 Å². The van der Waals surface area contributed by atoms with Crippen LogP contribution in [0.1, 0.15) is 41.5 Å². The van der Waals surface area contributed by atoms with E-state index in [1.165, 1.54) is 27.7 Å². The minimum atomic E-state index is -0.565. The maximum absolute atomic E-state index is 10.4. The molecule has 0 aromatic heterocycles. The van der Waals surface area contributed by atoms with E-state index in [2.05, 4.69) is 9.47 Å². The summed E-state index contributed by atoms with van der Waals surface area (Å²) in [5, 5.41) is 30.3. The number of rotatable bonds is 5. The molecule has 0 aliphatic carbocycles. The van der Waals surface area contributed by atoms with Crippen LogP contribution in [-0.2, 0) is 23.9 Å². The summed E-state index contributed by atoms with van der Waals surface area (Å²) in [7, 11) is 0. The summed E-state index contributed by atoms with van der Waals surface area (Å²) in [6, 6.07) is 0. The molecule has 0 aliphatic heterocycles. The van der Waals surface area contributed by atoms with Gasteiger partial charge in [0.25, 0.3) is 0 Å². The van der Waals surface area contributed by atoms with Gasteiger partial charge in [0.2, 0.25) is 0 Å². The van der Waals surface area contributed by atoms with Gasteiger partial charge in [0, 0.05) is 12.2 Å². The molecular weight excluding hydrogens is 359 g/mol. The van der Waals surface area contributed by atoms with Crippen LogP contribution in [0, 0.1) is 0 Å². The summed E-state index contributed by atoms with van der Waals surface area (Å²) >= 11 is 0. The molecule has 0 saturated heterocycles. The van der Waals surface area contributed by atoms with Crippen molar-refractivity contribution in [1.82, 2.24) is 0 Å². The van der Waals surface area contributed by atoms with Crippen LogP contribution in [-0.4, -0.2) is 48.3 Å². The fraction of sp³-hybridized carbons (Fsp3) is 0.471. The Morgan fingerprint density at radius 1 is 0.692 bits per heavy atom. The average Bonchev–Trinajstić information content (AvgIpc) is 2.36. The summed E-state index contributed by atoms with van der Waals surface area (Å²) < 4.78 is 8.87. The maximum Gasteiger partial charge on any atom is 3.00 e. The van der Waals surface area contributed by atoms with Gasteiger partial charge in [0.15, 0.2) is 5.78 Å². The molecule has 0 aromatic rings. The molecule has 26 heavy (non-hydrogen) atoms. The van der Waals surface area contributed by atoms with E-state index in [4.69, 9.17) is 0 Å². The molecule has 0 saturated carbocycles. The van der Waals surface area contributed by atoms with E-state index < -0.39 is 11.9 Å². The number of hydrogen-bond donors (Lipinski definition) is 0. The third-order valence-corrected chi connectivity index (χ3v) is 1.62. The first-order valence-corrected chi connectivity index (χ1v) is 7.36. The molecule has 0 aliphatic rings. The van der Waals surface area contributed by atoms with Crippen molar-refractivity contribution in [2.75, 3.05) is 13.2 Å². The van der Waals surface area contributed by atoms with E-state index in [0.717, 1.165) is 18.2 Å². The normalized spacial score (nSPS) is 10.8. The van der Waals surface area contributed by atoms with Gasteiger partial charge < -0.3 is 24.8 Å². The van der Waals surface area contributed by atoms with Crippen molar-refractivity contribution >= 4 is 35.1 Å². The van der Waals surface area contributed by atoms with Crippen molar-refractivity contribution in [2.45, 2.75) is 41.5 Å². The fourth-order valence-corrected chi connectivity index (χ4v) is 0.986. The van der Waals surface area contributed by atoms with Crippen LogP contribution in [0.5, 0.6) is 0 Å². The molecule has 0 radical (unpaired) electrons. The summed E-state index contributed by atoms with van der Waals surface area (Å²) in [5.41, 5.74) is 0. The van der Waals surface area contributed by atoms with E-state index in [1.54, 1.807) is 13.8 Å². The molecule has 9 heteroatoms. The molecular formula is C17H25AlO8. The van der Waals surface area contributed by atoms with Crippen molar-refractivity contribution in [3.63, 3.8) is 0 Å². The number of ether oxygens (including phenoxy) is 2. The van der Waals surface area contributed by atoms with Crippen LogP contribution in [0.2, 0.25) is 0 Å². The van der Waals surface area contributed by atoms with E-state index in [0.29, 0.717) is 13.2 Å². The Labute approximate surface area is 164 Å². The Bertz CT molecular complexity index is 463. The summed E-state index contributed by atoms with van der Waals surface area (Å²) in [6.07, 6.45) is 2.90. The monoisotopic (exact) mass is 384 g/mol. The van der Waals surface area contributed by atoms with Crippen LogP contribution in [0.25, 0.3) is 0 Å². The van der Waals surface area contributed by atoms with Crippen molar-refractivity contribution in [2.24, 2.45) is 0 Å². The molecule has 0 N–H and O–H groups in total. The van der Waals surface area contributed by atoms with Crippen LogP contribution in [0.3, 0.4) is 0 Å². The Kier molecular flexibility index (Phi) is 25.2. The maximum atomic E-state index is 10.4. The third-order valence-electron chi connectivity index (χ3n) is 1.62. The van der Waals surface area contributed by atoms with E-state index in [1.807, 2.05) is 0 Å². The first kappa shape index (κ1) is 31.5. The Hall–Kier alpha value is -2.24. The van der Waals surface area contributed by atoms with Gasteiger partial charge in [-0.2, -0.15) is 0 Å². The van der Waals surface area contributed by atoms with Crippen LogP contribution in [0.15, 0.2) is 35.5 Å². The van der Waals surface area contributed by atoms with Gasteiger partial charge in [-0.3, -0.25) is 4.79 Å². The molecule has 0 fully saturated rings. The molecule has 0 aromatic carbocycles. The number of ketones is 1. The second-order valence-corrected chi connectivity index (χ2v) is 4.38. The number of carbonyl (C=O) groups excluding carboxylic acids is 3. The predicted octanol–water partition coefficient (Wildman–Crippen LogP) is -0.914. The zero-order valence-electron chi connectivity index (χ0n) is 16.0. The van der Waals surface area contributed by atoms with E-state index >= 15 is 0 Å². The van der Waals surface area contributed by atoms with Crippen LogP contribution >= 0.6 is 0 Å². The molecule has 0 atom stereocenters. The second-order valence-electron chi connectivity index (χ2n) is 4.38. The minimum Gasteiger partial charge on any atom is -0.876 e. The number of allylic oxidation sites excluding steroid dienone is 4. The third kappa shape index (κ3) is 37.8. The van der Waals surface area contributed by atoms with Gasteiger partial charge >= 0.3 is 29.3 Å². The number of esters is 2. The Morgan fingerprint density at radius 2 is 0.962 bits per heavy atom. The largest absolute Gasteiger partial charge is 3.00 e. The summed E-state index contributed by atoms with van der Waals surface area (Å²) in [5.74, 6) is -2.07. The molecule has 0 spiro atoms. The van der Waals surface area contributed by atoms with Gasteiger partial charge in [-0.25, -0.2) is 9.59 Å². The van der Waals surface area contributed by atoms with Gasteiger partial charge in [0.1, 0.15) is 0 Å². The standard InChI is InChI=1S/2C6H10O3.C5H8O2.Al/c2*1-3-9-6(8)4-5(2)7;1-4(6)3-5(2)7;/h2*4,7H,3H2,1-2H3;3,6H,1-2H3;/q;;;+3/p-3/b2*5-4-;4-3-;. The zero-order valence-corrected chi connectivity index (χ0v) is 17.1. The van der Waals surface area contributed by atoms with Crippen molar-refractivity contribution in [3.05, 3.63) is 35.5 Å². The summed E-state index contributed by atoms with van der Waals surface area (Å²) in [4.78, 5) is 30.7. The molecule has 0 unspecified atom stereocenters. The van der Waals surface area contributed by atoms with Crippen LogP contribution < -0.4 is 15.3 Å². The molecule has 0 amide bonds. The smallest absolute Gasteiger partial charge is 0.876 e. The Morgan fingerprint density at radius 3 is 1.08 bits per heavy atom. The first-order valence-electron chi connectivity index (χ1n) is 7.36. The quantitative estimate of drug-likeness (QED) is 0.257. The van der Waals surface area contributed by atoms with Crippen LogP contribution in [0.4, 0.5) is 0 Å². The SMILES string of the molecule is CC(=O)/C=C(/C)[O-].CCOC(=O)/C=C(/C)[O-].CCOC(=O)/C=C(/C)[O-].[Al+3]. The van der Waals surface area contributed by atoms with Gasteiger partial charge in [-0.1, -0.05) is 20.8 Å². The first-order chi connectivity index (χ1) is 11.5. The van der Waals surface area contributed by atoms with Gasteiger partial charge in [-0.05, 0) is 26.8 Å². The van der Waals surface area contributed by atoms with Gasteiger partial charge in [-0.15, -0.1) is 17.3 Å². The Balaban J connectivity index is -0.000000138. The zero-order chi connectivity index (χ0) is 20.4. The van der Waals surface area contributed by atoms with E-state index in [-0.39, 0.29) is 40.4 Å². The average molecular weight is 384 g/mol. The molecule has 144 valence electrons.